The minimum Gasteiger partial charge on any atom is -0.493 e. The van der Waals surface area contributed by atoms with Gasteiger partial charge in [-0.1, -0.05) is 32.0 Å². The third-order valence-electron chi connectivity index (χ3n) is 4.61. The van der Waals surface area contributed by atoms with Gasteiger partial charge in [0.15, 0.2) is 18.1 Å². The summed E-state index contributed by atoms with van der Waals surface area (Å²) in [6.07, 6.45) is 0. The second kappa shape index (κ2) is 11.7. The molecule has 0 unspecified atom stereocenters. The summed E-state index contributed by atoms with van der Waals surface area (Å²) in [5.74, 6) is -1.99. The van der Waals surface area contributed by atoms with Crippen molar-refractivity contribution in [1.82, 2.24) is 10.6 Å². The molecule has 2 amide bonds. The van der Waals surface area contributed by atoms with Crippen LogP contribution in [0.3, 0.4) is 0 Å². The largest absolute Gasteiger partial charge is 0.493 e. The quantitative estimate of drug-likeness (QED) is 0.544. The zero-order valence-electron chi connectivity index (χ0n) is 18.4. The normalized spacial score (nSPS) is 11.4. The van der Waals surface area contributed by atoms with Gasteiger partial charge in [-0.05, 0) is 35.7 Å². The highest BCUT2D eigenvalue weighted by Crippen LogP contribution is 2.27. The Hall–Kier alpha value is -3.62. The van der Waals surface area contributed by atoms with Crippen molar-refractivity contribution >= 4 is 17.8 Å². The van der Waals surface area contributed by atoms with Crippen LogP contribution < -0.4 is 20.1 Å². The number of methoxy groups -OCH3 is 2. The van der Waals surface area contributed by atoms with E-state index in [1.165, 1.54) is 32.4 Å². The number of hydrogen-bond donors (Lipinski definition) is 2. The van der Waals surface area contributed by atoms with E-state index in [0.29, 0.717) is 11.5 Å². The van der Waals surface area contributed by atoms with E-state index in [4.69, 9.17) is 14.2 Å². The van der Waals surface area contributed by atoms with Crippen LogP contribution in [0.1, 0.15) is 29.8 Å². The Morgan fingerprint density at radius 2 is 1.69 bits per heavy atom. The molecule has 0 saturated carbocycles. The van der Waals surface area contributed by atoms with Crippen LogP contribution in [0.15, 0.2) is 42.5 Å². The molecule has 2 rings (SSSR count). The van der Waals surface area contributed by atoms with Gasteiger partial charge < -0.3 is 24.8 Å². The molecule has 0 saturated heterocycles. The second-order valence-corrected chi connectivity index (χ2v) is 7.25. The lowest BCUT2D eigenvalue weighted by Crippen LogP contribution is -2.46. The molecule has 0 heterocycles. The maximum Gasteiger partial charge on any atom is 0.329 e. The lowest BCUT2D eigenvalue weighted by Gasteiger charge is -2.21. The zero-order chi connectivity index (χ0) is 23.7. The third kappa shape index (κ3) is 6.69. The highest BCUT2D eigenvalue weighted by molar-refractivity contribution is 5.97. The topological polar surface area (TPSA) is 103 Å². The molecular weight excluding hydrogens is 419 g/mol. The van der Waals surface area contributed by atoms with Crippen LogP contribution in [0, 0.1) is 11.7 Å². The van der Waals surface area contributed by atoms with Gasteiger partial charge in [0, 0.05) is 6.54 Å². The second-order valence-electron chi connectivity index (χ2n) is 7.25. The molecule has 0 bridgehead atoms. The predicted octanol–water partition coefficient (Wildman–Crippen LogP) is 2.46. The molecule has 1 atom stereocenters. The molecule has 8 nitrogen and oxygen atoms in total. The highest BCUT2D eigenvalue weighted by Gasteiger charge is 2.27. The number of amides is 2. The number of hydrogen-bond acceptors (Lipinski definition) is 6. The molecule has 9 heteroatoms. The van der Waals surface area contributed by atoms with Crippen molar-refractivity contribution in [2.24, 2.45) is 5.92 Å². The van der Waals surface area contributed by atoms with Gasteiger partial charge in [0.2, 0.25) is 0 Å². The van der Waals surface area contributed by atoms with E-state index in [9.17, 15) is 18.8 Å². The average Bonchev–Trinajstić information content (AvgIpc) is 2.79. The van der Waals surface area contributed by atoms with Crippen molar-refractivity contribution in [2.45, 2.75) is 26.4 Å². The van der Waals surface area contributed by atoms with E-state index >= 15 is 0 Å². The minimum absolute atomic E-state index is 0.182. The Kier molecular flexibility index (Phi) is 9.00. The Balaban J connectivity index is 1.89. The fourth-order valence-electron chi connectivity index (χ4n) is 2.83. The summed E-state index contributed by atoms with van der Waals surface area (Å²) in [4.78, 5) is 36.8. The first kappa shape index (κ1) is 24.6. The summed E-state index contributed by atoms with van der Waals surface area (Å²) in [5, 5.41) is 5.10. The van der Waals surface area contributed by atoms with Crippen molar-refractivity contribution in [3.63, 3.8) is 0 Å². The van der Waals surface area contributed by atoms with Crippen LogP contribution in [-0.2, 0) is 20.9 Å². The van der Waals surface area contributed by atoms with Gasteiger partial charge in [-0.15, -0.1) is 0 Å². The fraction of sp³-hybridized carbons (Fsp3) is 0.348. The standard InChI is InChI=1S/C23H27FN2O6/c1-14(2)21(26-22(28)16-7-5-6-8-17(16)24)23(29)32-13-20(27)25-12-15-9-10-18(30-3)19(11-15)31-4/h5-11,14,21H,12-13H2,1-4H3,(H,25,27)(H,26,28)/t21-/m0/s1. The van der Waals surface area contributed by atoms with Gasteiger partial charge in [-0.2, -0.15) is 0 Å². The SMILES string of the molecule is COc1ccc(CNC(=O)COC(=O)[C@@H](NC(=O)c2ccccc2F)C(C)C)cc1OC. The molecular formula is C23H27FN2O6. The Morgan fingerprint density at radius 1 is 1.00 bits per heavy atom. The van der Waals surface area contributed by atoms with E-state index < -0.39 is 36.2 Å². The molecule has 172 valence electrons. The van der Waals surface area contributed by atoms with E-state index in [-0.39, 0.29) is 18.0 Å². The van der Waals surface area contributed by atoms with Gasteiger partial charge in [0.1, 0.15) is 11.9 Å². The van der Waals surface area contributed by atoms with Crippen LogP contribution >= 0.6 is 0 Å². The summed E-state index contributed by atoms with van der Waals surface area (Å²) in [6, 6.07) is 9.60. The molecule has 0 radical (unpaired) electrons. The highest BCUT2D eigenvalue weighted by atomic mass is 19.1. The van der Waals surface area contributed by atoms with Crippen molar-refractivity contribution in [2.75, 3.05) is 20.8 Å². The van der Waals surface area contributed by atoms with E-state index in [1.54, 1.807) is 32.0 Å². The van der Waals surface area contributed by atoms with Crippen LogP contribution in [0.4, 0.5) is 4.39 Å². The Labute approximate surface area is 186 Å². The maximum absolute atomic E-state index is 13.8. The number of halogens is 1. The predicted molar refractivity (Wildman–Crippen MR) is 115 cm³/mol. The monoisotopic (exact) mass is 446 g/mol. The summed E-state index contributed by atoms with van der Waals surface area (Å²) < 4.78 is 29.3. The van der Waals surface area contributed by atoms with Crippen molar-refractivity contribution in [1.29, 1.82) is 0 Å². The van der Waals surface area contributed by atoms with E-state index in [2.05, 4.69) is 10.6 Å². The fourth-order valence-corrected chi connectivity index (χ4v) is 2.83. The van der Waals surface area contributed by atoms with Gasteiger partial charge in [-0.25, -0.2) is 9.18 Å². The summed E-state index contributed by atoms with van der Waals surface area (Å²) >= 11 is 0. The van der Waals surface area contributed by atoms with Crippen LogP contribution in [0.5, 0.6) is 11.5 Å². The Bertz CT molecular complexity index is 963. The van der Waals surface area contributed by atoms with E-state index in [1.807, 2.05) is 0 Å². The molecule has 0 fully saturated rings. The first-order valence-electron chi connectivity index (χ1n) is 9.96. The third-order valence-corrected chi connectivity index (χ3v) is 4.61. The molecule has 0 aromatic heterocycles. The first-order valence-corrected chi connectivity index (χ1v) is 9.96. The first-order chi connectivity index (χ1) is 15.3. The smallest absolute Gasteiger partial charge is 0.329 e. The number of esters is 1. The number of nitrogens with one attached hydrogen (secondary N) is 2. The van der Waals surface area contributed by atoms with Crippen molar-refractivity contribution in [3.8, 4) is 11.5 Å². The Morgan fingerprint density at radius 3 is 2.31 bits per heavy atom. The molecule has 0 aliphatic heterocycles. The minimum atomic E-state index is -1.04. The molecule has 0 spiro atoms. The number of carbonyl (C=O) groups is 3. The summed E-state index contributed by atoms with van der Waals surface area (Å²) in [7, 11) is 3.03. The lowest BCUT2D eigenvalue weighted by atomic mass is 10.0. The molecule has 32 heavy (non-hydrogen) atoms. The molecule has 0 aliphatic carbocycles. The zero-order valence-corrected chi connectivity index (χ0v) is 18.4. The van der Waals surface area contributed by atoms with Gasteiger partial charge >= 0.3 is 5.97 Å². The lowest BCUT2D eigenvalue weighted by molar-refractivity contribution is -0.151. The molecule has 2 aromatic carbocycles. The summed E-state index contributed by atoms with van der Waals surface area (Å²) in [6.45, 7) is 3.06. The number of benzene rings is 2. The van der Waals surface area contributed by atoms with Gasteiger partial charge in [-0.3, -0.25) is 9.59 Å². The van der Waals surface area contributed by atoms with Gasteiger partial charge in [0.25, 0.3) is 11.8 Å². The van der Waals surface area contributed by atoms with Crippen molar-refractivity contribution < 1.29 is 33.0 Å². The molecule has 2 aromatic rings. The molecule has 0 aliphatic rings. The number of carbonyl (C=O) groups excluding carboxylic acids is 3. The summed E-state index contributed by atoms with van der Waals surface area (Å²) in [5.41, 5.74) is 0.582. The van der Waals surface area contributed by atoms with Crippen molar-refractivity contribution in [3.05, 3.63) is 59.4 Å². The number of rotatable bonds is 10. The number of ether oxygens (including phenoxy) is 3. The van der Waals surface area contributed by atoms with Crippen LogP contribution in [0.2, 0.25) is 0 Å². The average molecular weight is 446 g/mol. The van der Waals surface area contributed by atoms with Crippen LogP contribution in [0.25, 0.3) is 0 Å². The van der Waals surface area contributed by atoms with Crippen LogP contribution in [-0.4, -0.2) is 44.7 Å². The van der Waals surface area contributed by atoms with E-state index in [0.717, 1.165) is 11.6 Å². The maximum atomic E-state index is 13.8. The molecule has 2 N–H and O–H groups in total. The van der Waals surface area contributed by atoms with Gasteiger partial charge in [0.05, 0.1) is 19.8 Å².